The van der Waals surface area contributed by atoms with Gasteiger partial charge in [0.25, 0.3) is 0 Å². The third kappa shape index (κ3) is 3.55. The van der Waals surface area contributed by atoms with Gasteiger partial charge in [0.2, 0.25) is 0 Å². The summed E-state index contributed by atoms with van der Waals surface area (Å²) in [5, 5.41) is 3.49. The second-order valence-corrected chi connectivity index (χ2v) is 4.50. The van der Waals surface area contributed by atoms with Crippen molar-refractivity contribution >= 4 is 0 Å². The van der Waals surface area contributed by atoms with E-state index in [1.54, 1.807) is 7.11 Å². The molecular formula is C10H21NO. The summed E-state index contributed by atoms with van der Waals surface area (Å²) in [5.41, 5.74) is 0.632. The monoisotopic (exact) mass is 171 g/mol. The van der Waals surface area contributed by atoms with Crippen molar-refractivity contribution in [3.8, 4) is 0 Å². The number of rotatable bonds is 6. The van der Waals surface area contributed by atoms with Crippen molar-refractivity contribution in [3.05, 3.63) is 0 Å². The zero-order chi connectivity index (χ0) is 9.03. The van der Waals surface area contributed by atoms with E-state index in [4.69, 9.17) is 4.74 Å². The van der Waals surface area contributed by atoms with Crippen LogP contribution in [0, 0.1) is 11.3 Å². The molecule has 0 aromatic carbocycles. The van der Waals surface area contributed by atoms with Crippen LogP contribution in [-0.2, 0) is 4.74 Å². The maximum absolute atomic E-state index is 5.06. The van der Waals surface area contributed by atoms with Gasteiger partial charge in [-0.3, -0.25) is 0 Å². The summed E-state index contributed by atoms with van der Waals surface area (Å²) >= 11 is 0. The average Bonchev–Trinajstić information content (AvgIpc) is 2.69. The van der Waals surface area contributed by atoms with Gasteiger partial charge < -0.3 is 10.1 Å². The summed E-state index contributed by atoms with van der Waals surface area (Å²) in [7, 11) is 1.76. The fraction of sp³-hybridized carbons (Fsp3) is 1.00. The Kier molecular flexibility index (Phi) is 3.53. The van der Waals surface area contributed by atoms with Gasteiger partial charge >= 0.3 is 0 Å². The molecule has 0 aromatic rings. The zero-order valence-electron chi connectivity index (χ0n) is 8.52. The molecule has 1 fully saturated rings. The molecule has 0 bridgehead atoms. The minimum absolute atomic E-state index is 0.632. The smallest absolute Gasteiger partial charge is 0.0499 e. The quantitative estimate of drug-likeness (QED) is 0.656. The summed E-state index contributed by atoms with van der Waals surface area (Å²) < 4.78 is 5.06. The molecule has 72 valence electrons. The van der Waals surface area contributed by atoms with Crippen LogP contribution in [0.15, 0.2) is 0 Å². The minimum Gasteiger partial charge on any atom is -0.384 e. The van der Waals surface area contributed by atoms with Crippen LogP contribution in [0.1, 0.15) is 26.7 Å². The van der Waals surface area contributed by atoms with E-state index in [-0.39, 0.29) is 0 Å². The maximum atomic E-state index is 5.06. The molecule has 0 spiro atoms. The van der Waals surface area contributed by atoms with E-state index in [9.17, 15) is 0 Å². The predicted octanol–water partition coefficient (Wildman–Crippen LogP) is 1.66. The number of hydrogen-bond acceptors (Lipinski definition) is 2. The Morgan fingerprint density at radius 1 is 1.50 bits per heavy atom. The topological polar surface area (TPSA) is 21.3 Å². The largest absolute Gasteiger partial charge is 0.384 e. The van der Waals surface area contributed by atoms with Crippen LogP contribution in [0.25, 0.3) is 0 Å². The minimum atomic E-state index is 0.632. The summed E-state index contributed by atoms with van der Waals surface area (Å²) in [5.74, 6) is 0.636. The fourth-order valence-corrected chi connectivity index (χ4v) is 1.35. The van der Waals surface area contributed by atoms with Crippen LogP contribution < -0.4 is 5.32 Å². The lowest BCUT2D eigenvalue weighted by Crippen LogP contribution is -2.28. The molecule has 0 aromatic heterocycles. The molecular weight excluding hydrogens is 150 g/mol. The molecule has 0 saturated heterocycles. The number of methoxy groups -OCH3 is 1. The van der Waals surface area contributed by atoms with E-state index < -0.39 is 0 Å². The van der Waals surface area contributed by atoms with E-state index >= 15 is 0 Å². The summed E-state index contributed by atoms with van der Waals surface area (Å²) in [6.45, 7) is 7.70. The van der Waals surface area contributed by atoms with Gasteiger partial charge in [0.15, 0.2) is 0 Å². The van der Waals surface area contributed by atoms with Gasteiger partial charge in [0, 0.05) is 20.3 Å². The van der Waals surface area contributed by atoms with Crippen molar-refractivity contribution in [2.75, 3.05) is 26.8 Å². The Labute approximate surface area is 75.7 Å². The third-order valence-electron chi connectivity index (χ3n) is 2.60. The lowest BCUT2D eigenvalue weighted by molar-refractivity contribution is 0.158. The second-order valence-electron chi connectivity index (χ2n) is 4.50. The van der Waals surface area contributed by atoms with Crippen LogP contribution in [0.5, 0.6) is 0 Å². The average molecular weight is 171 g/mol. The lowest BCUT2D eigenvalue weighted by atomic mass is 10.1. The van der Waals surface area contributed by atoms with Crippen LogP contribution in [0.4, 0.5) is 0 Å². The molecule has 2 nitrogen and oxygen atoms in total. The molecule has 0 aliphatic heterocycles. The Morgan fingerprint density at radius 3 is 2.67 bits per heavy atom. The summed E-state index contributed by atoms with van der Waals surface area (Å²) in [4.78, 5) is 0. The van der Waals surface area contributed by atoms with E-state index in [2.05, 4.69) is 19.2 Å². The van der Waals surface area contributed by atoms with Crippen LogP contribution in [0.2, 0.25) is 0 Å². The Hall–Kier alpha value is -0.0800. The van der Waals surface area contributed by atoms with Crippen molar-refractivity contribution in [2.45, 2.75) is 26.7 Å². The number of nitrogens with one attached hydrogen (secondary N) is 1. The first kappa shape index (κ1) is 10.0. The van der Waals surface area contributed by atoms with Crippen molar-refractivity contribution < 1.29 is 4.74 Å². The van der Waals surface area contributed by atoms with Crippen molar-refractivity contribution in [1.29, 1.82) is 0 Å². The number of hydrogen-bond donors (Lipinski definition) is 1. The maximum Gasteiger partial charge on any atom is 0.0499 e. The van der Waals surface area contributed by atoms with Gasteiger partial charge in [0.1, 0.15) is 0 Å². The van der Waals surface area contributed by atoms with Gasteiger partial charge in [-0.25, -0.2) is 0 Å². The fourth-order valence-electron chi connectivity index (χ4n) is 1.35. The highest BCUT2D eigenvalue weighted by molar-refractivity contribution is 4.90. The van der Waals surface area contributed by atoms with Crippen LogP contribution >= 0.6 is 0 Å². The van der Waals surface area contributed by atoms with E-state index in [0.29, 0.717) is 11.3 Å². The van der Waals surface area contributed by atoms with Crippen molar-refractivity contribution in [1.82, 2.24) is 5.32 Å². The molecule has 1 N–H and O–H groups in total. The molecule has 0 heterocycles. The molecule has 2 heteroatoms. The summed E-state index contributed by atoms with van der Waals surface area (Å²) in [6, 6.07) is 0. The van der Waals surface area contributed by atoms with Gasteiger partial charge in [0.05, 0.1) is 0 Å². The number of ether oxygens (including phenoxy) is 1. The lowest BCUT2D eigenvalue weighted by Gasteiger charge is -2.14. The standard InChI is InChI=1S/C10H21NO/c1-9(7-12-3)6-11-8-10(2)4-5-10/h9,11H,4-8H2,1-3H3. The molecule has 1 atom stereocenters. The first-order valence-corrected chi connectivity index (χ1v) is 4.86. The second kappa shape index (κ2) is 4.24. The van der Waals surface area contributed by atoms with Crippen molar-refractivity contribution in [2.24, 2.45) is 11.3 Å². The molecule has 1 rings (SSSR count). The normalized spacial score (nSPS) is 22.2. The van der Waals surface area contributed by atoms with E-state index in [1.165, 1.54) is 19.4 Å². The molecule has 1 aliphatic carbocycles. The zero-order valence-corrected chi connectivity index (χ0v) is 8.52. The summed E-state index contributed by atoms with van der Waals surface area (Å²) in [6.07, 6.45) is 2.80. The van der Waals surface area contributed by atoms with Crippen LogP contribution in [0.3, 0.4) is 0 Å². The van der Waals surface area contributed by atoms with E-state index in [0.717, 1.165) is 13.2 Å². The van der Waals surface area contributed by atoms with Crippen molar-refractivity contribution in [3.63, 3.8) is 0 Å². The van der Waals surface area contributed by atoms with Gasteiger partial charge in [-0.2, -0.15) is 0 Å². The van der Waals surface area contributed by atoms with Gasteiger partial charge in [-0.05, 0) is 30.7 Å². The molecule has 0 amide bonds. The Bertz CT molecular complexity index is 132. The highest BCUT2D eigenvalue weighted by Crippen LogP contribution is 2.43. The SMILES string of the molecule is COCC(C)CNCC1(C)CC1. The van der Waals surface area contributed by atoms with Crippen LogP contribution in [-0.4, -0.2) is 26.8 Å². The Balaban J connectivity index is 1.94. The predicted molar refractivity (Wildman–Crippen MR) is 51.3 cm³/mol. The van der Waals surface area contributed by atoms with E-state index in [1.807, 2.05) is 0 Å². The Morgan fingerprint density at radius 2 is 2.17 bits per heavy atom. The highest BCUT2D eigenvalue weighted by Gasteiger charge is 2.36. The molecule has 1 aliphatic rings. The first-order chi connectivity index (χ1) is 5.66. The molecule has 1 saturated carbocycles. The highest BCUT2D eigenvalue weighted by atomic mass is 16.5. The van der Waals surface area contributed by atoms with Gasteiger partial charge in [-0.1, -0.05) is 13.8 Å². The third-order valence-corrected chi connectivity index (χ3v) is 2.60. The molecule has 1 unspecified atom stereocenters. The molecule has 0 radical (unpaired) electrons. The first-order valence-electron chi connectivity index (χ1n) is 4.86. The molecule has 12 heavy (non-hydrogen) atoms. The van der Waals surface area contributed by atoms with Gasteiger partial charge in [-0.15, -0.1) is 0 Å².